The zero-order valence-corrected chi connectivity index (χ0v) is 11.2. The number of nitrogens with one attached hydrogen (secondary N) is 1. The summed E-state index contributed by atoms with van der Waals surface area (Å²) in [4.78, 5) is 11.9. The Balaban J connectivity index is 2.21. The number of carbonyl (C=O) groups is 1. The summed E-state index contributed by atoms with van der Waals surface area (Å²) in [6, 6.07) is 9.12. The standard InChI is InChI=1S/C13H12BrNO2/c1-8-4-3-5-10(9(8)2)15-13(16)11-6-7-12(14)17-11/h3-7H,1-2H3,(H,15,16). The predicted octanol–water partition coefficient (Wildman–Crippen LogP) is 3.91. The molecule has 0 aliphatic carbocycles. The lowest BCUT2D eigenvalue weighted by molar-refractivity contribution is 0.0995. The van der Waals surface area contributed by atoms with Crippen LogP contribution in [0.5, 0.6) is 0 Å². The molecule has 0 spiro atoms. The highest BCUT2D eigenvalue weighted by atomic mass is 79.9. The minimum Gasteiger partial charge on any atom is -0.444 e. The van der Waals surface area contributed by atoms with Gasteiger partial charge >= 0.3 is 0 Å². The van der Waals surface area contributed by atoms with Gasteiger partial charge in [0.15, 0.2) is 10.4 Å². The van der Waals surface area contributed by atoms with Gasteiger partial charge in [0.25, 0.3) is 5.91 Å². The molecule has 0 fully saturated rings. The highest BCUT2D eigenvalue weighted by Crippen LogP contribution is 2.20. The van der Waals surface area contributed by atoms with Crippen molar-refractivity contribution < 1.29 is 9.21 Å². The molecule has 0 bridgehead atoms. The predicted molar refractivity (Wildman–Crippen MR) is 70.3 cm³/mol. The number of amides is 1. The molecule has 17 heavy (non-hydrogen) atoms. The van der Waals surface area contributed by atoms with Gasteiger partial charge < -0.3 is 9.73 Å². The third-order valence-electron chi connectivity index (χ3n) is 2.65. The summed E-state index contributed by atoms with van der Waals surface area (Å²) in [6.45, 7) is 3.98. The lowest BCUT2D eigenvalue weighted by atomic mass is 10.1. The van der Waals surface area contributed by atoms with E-state index in [4.69, 9.17) is 4.42 Å². The first kappa shape index (κ1) is 11.9. The molecular formula is C13H12BrNO2. The first-order valence-electron chi connectivity index (χ1n) is 5.21. The van der Waals surface area contributed by atoms with Crippen LogP contribution in [0.15, 0.2) is 39.4 Å². The normalized spacial score (nSPS) is 10.3. The first-order chi connectivity index (χ1) is 8.08. The molecule has 0 radical (unpaired) electrons. The highest BCUT2D eigenvalue weighted by molar-refractivity contribution is 9.10. The van der Waals surface area contributed by atoms with Gasteiger partial charge in [0.2, 0.25) is 0 Å². The largest absolute Gasteiger partial charge is 0.444 e. The third-order valence-corrected chi connectivity index (χ3v) is 3.08. The minimum atomic E-state index is -0.246. The van der Waals surface area contributed by atoms with E-state index < -0.39 is 0 Å². The Kier molecular flexibility index (Phi) is 3.33. The molecule has 0 unspecified atom stereocenters. The summed E-state index contributed by atoms with van der Waals surface area (Å²) in [5, 5.41) is 2.83. The van der Waals surface area contributed by atoms with Crippen LogP contribution in [0.2, 0.25) is 0 Å². The van der Waals surface area contributed by atoms with Crippen LogP contribution >= 0.6 is 15.9 Å². The van der Waals surface area contributed by atoms with Crippen molar-refractivity contribution in [2.75, 3.05) is 5.32 Å². The second-order valence-corrected chi connectivity index (χ2v) is 4.59. The molecular weight excluding hydrogens is 282 g/mol. The summed E-state index contributed by atoms with van der Waals surface area (Å²) in [5.74, 6) is 0.0437. The Labute approximate surface area is 108 Å². The zero-order chi connectivity index (χ0) is 12.4. The molecule has 1 N–H and O–H groups in total. The number of rotatable bonds is 2. The van der Waals surface area contributed by atoms with Crippen molar-refractivity contribution in [3.05, 3.63) is 51.9 Å². The molecule has 0 saturated heterocycles. The number of aryl methyl sites for hydroxylation is 1. The van der Waals surface area contributed by atoms with E-state index in [1.165, 1.54) is 0 Å². The molecule has 3 nitrogen and oxygen atoms in total. The number of benzene rings is 1. The number of furan rings is 1. The zero-order valence-electron chi connectivity index (χ0n) is 9.58. The van der Waals surface area contributed by atoms with Crippen molar-refractivity contribution in [3.8, 4) is 0 Å². The molecule has 1 aromatic carbocycles. The maximum absolute atomic E-state index is 11.9. The van der Waals surface area contributed by atoms with Crippen LogP contribution in [0.4, 0.5) is 5.69 Å². The molecule has 0 atom stereocenters. The number of halogens is 1. The molecule has 0 saturated carbocycles. The molecule has 88 valence electrons. The van der Waals surface area contributed by atoms with Crippen molar-refractivity contribution >= 4 is 27.5 Å². The number of anilines is 1. The fourth-order valence-corrected chi connectivity index (χ4v) is 1.81. The summed E-state index contributed by atoms with van der Waals surface area (Å²) in [6.07, 6.45) is 0. The minimum absolute atomic E-state index is 0.246. The Hall–Kier alpha value is -1.55. The Morgan fingerprint density at radius 3 is 2.65 bits per heavy atom. The maximum Gasteiger partial charge on any atom is 0.291 e. The number of hydrogen-bond donors (Lipinski definition) is 1. The van der Waals surface area contributed by atoms with E-state index in [0.29, 0.717) is 4.67 Å². The van der Waals surface area contributed by atoms with Gasteiger partial charge in [-0.3, -0.25) is 4.79 Å². The van der Waals surface area contributed by atoms with E-state index in [1.54, 1.807) is 12.1 Å². The quantitative estimate of drug-likeness (QED) is 0.912. The molecule has 1 aromatic heterocycles. The van der Waals surface area contributed by atoms with Gasteiger partial charge in [-0.15, -0.1) is 0 Å². The van der Waals surface area contributed by atoms with Crippen molar-refractivity contribution in [1.29, 1.82) is 0 Å². The summed E-state index contributed by atoms with van der Waals surface area (Å²) < 4.78 is 5.74. The molecule has 2 aromatic rings. The highest BCUT2D eigenvalue weighted by Gasteiger charge is 2.11. The average molecular weight is 294 g/mol. The Bertz CT molecular complexity index is 560. The molecule has 1 amide bonds. The van der Waals surface area contributed by atoms with Crippen LogP contribution in [0.25, 0.3) is 0 Å². The van der Waals surface area contributed by atoms with Crippen molar-refractivity contribution in [1.82, 2.24) is 0 Å². The van der Waals surface area contributed by atoms with E-state index in [2.05, 4.69) is 21.2 Å². The smallest absolute Gasteiger partial charge is 0.291 e. The van der Waals surface area contributed by atoms with Crippen molar-refractivity contribution in [2.45, 2.75) is 13.8 Å². The van der Waals surface area contributed by atoms with E-state index in [1.807, 2.05) is 32.0 Å². The third kappa shape index (κ3) is 2.58. The molecule has 1 heterocycles. The van der Waals surface area contributed by atoms with Crippen LogP contribution in [0, 0.1) is 13.8 Å². The van der Waals surface area contributed by atoms with E-state index in [0.717, 1.165) is 16.8 Å². The molecule has 4 heteroatoms. The Morgan fingerprint density at radius 1 is 1.24 bits per heavy atom. The van der Waals surface area contributed by atoms with Crippen LogP contribution in [0.3, 0.4) is 0 Å². The fourth-order valence-electron chi connectivity index (χ4n) is 1.51. The topological polar surface area (TPSA) is 42.2 Å². The second kappa shape index (κ2) is 4.75. The van der Waals surface area contributed by atoms with E-state index >= 15 is 0 Å². The van der Waals surface area contributed by atoms with Gasteiger partial charge in [-0.25, -0.2) is 0 Å². The second-order valence-electron chi connectivity index (χ2n) is 3.81. The first-order valence-corrected chi connectivity index (χ1v) is 6.00. The van der Waals surface area contributed by atoms with E-state index in [-0.39, 0.29) is 11.7 Å². The number of carbonyl (C=O) groups excluding carboxylic acids is 1. The summed E-state index contributed by atoms with van der Waals surface area (Å²) >= 11 is 3.17. The summed E-state index contributed by atoms with van der Waals surface area (Å²) in [7, 11) is 0. The van der Waals surface area contributed by atoms with Crippen LogP contribution in [-0.2, 0) is 0 Å². The van der Waals surface area contributed by atoms with Gasteiger partial charge in [0.1, 0.15) is 0 Å². The maximum atomic E-state index is 11.9. The lowest BCUT2D eigenvalue weighted by Crippen LogP contribution is -2.12. The molecule has 0 aliphatic rings. The molecule has 2 rings (SSSR count). The monoisotopic (exact) mass is 293 g/mol. The summed E-state index contributed by atoms with van der Waals surface area (Å²) in [5.41, 5.74) is 3.01. The van der Waals surface area contributed by atoms with Crippen molar-refractivity contribution in [2.24, 2.45) is 0 Å². The van der Waals surface area contributed by atoms with Gasteiger partial charge in [-0.05, 0) is 59.1 Å². The Morgan fingerprint density at radius 2 is 2.00 bits per heavy atom. The van der Waals surface area contributed by atoms with Gasteiger partial charge in [0, 0.05) is 5.69 Å². The van der Waals surface area contributed by atoms with Crippen LogP contribution in [-0.4, -0.2) is 5.91 Å². The van der Waals surface area contributed by atoms with E-state index in [9.17, 15) is 4.79 Å². The van der Waals surface area contributed by atoms with Gasteiger partial charge in [-0.1, -0.05) is 12.1 Å². The fraction of sp³-hybridized carbons (Fsp3) is 0.154. The van der Waals surface area contributed by atoms with Crippen LogP contribution in [0.1, 0.15) is 21.7 Å². The molecule has 0 aliphatic heterocycles. The van der Waals surface area contributed by atoms with Gasteiger partial charge in [-0.2, -0.15) is 0 Å². The average Bonchev–Trinajstić information content (AvgIpc) is 2.72. The van der Waals surface area contributed by atoms with Gasteiger partial charge in [0.05, 0.1) is 0 Å². The van der Waals surface area contributed by atoms with Crippen molar-refractivity contribution in [3.63, 3.8) is 0 Å². The lowest BCUT2D eigenvalue weighted by Gasteiger charge is -2.08. The van der Waals surface area contributed by atoms with Crippen LogP contribution < -0.4 is 5.32 Å². The SMILES string of the molecule is Cc1cccc(NC(=O)c2ccc(Br)o2)c1C. The number of hydrogen-bond acceptors (Lipinski definition) is 2.